The first-order chi connectivity index (χ1) is 8.39. The predicted molar refractivity (Wildman–Crippen MR) is 74.1 cm³/mol. The summed E-state index contributed by atoms with van der Waals surface area (Å²) >= 11 is 6.94. The summed E-state index contributed by atoms with van der Waals surface area (Å²) in [4.78, 5) is 0.683. The molecule has 0 unspecified atom stereocenters. The molecule has 104 valence electrons. The van der Waals surface area contributed by atoms with Gasteiger partial charge in [0.25, 0.3) is 0 Å². The Labute approximate surface area is 123 Å². The predicted octanol–water partition coefficient (Wildman–Crippen LogP) is 4.89. The lowest BCUT2D eigenvalue weighted by molar-refractivity contribution is -0.138. The Bertz CT molecular complexity index is 540. The first-order valence-electron chi connectivity index (χ1n) is 5.05. The molecule has 2 N–H and O–H groups in total. The van der Waals surface area contributed by atoms with Crippen molar-refractivity contribution in [1.82, 2.24) is 0 Å². The number of hydrogen-bond donors (Lipinski definition) is 1. The van der Waals surface area contributed by atoms with Crippen LogP contribution in [0.25, 0.3) is 0 Å². The normalized spacial score (nSPS) is 12.9. The first-order valence-corrected chi connectivity index (χ1v) is 6.31. The molecule has 0 bridgehead atoms. The van der Waals surface area contributed by atoms with Gasteiger partial charge >= 0.3 is 6.18 Å². The number of thiophene rings is 1. The average molecular weight is 328 g/mol. The molecular weight excluding hydrogens is 318 g/mol. The molecule has 0 fully saturated rings. The fraction of sp³-hybridized carbons (Fsp3) is 0.167. The number of alkyl halides is 3. The van der Waals surface area contributed by atoms with Gasteiger partial charge in [-0.3, -0.25) is 0 Å². The zero-order chi connectivity index (χ0) is 13.3. The molecule has 1 nitrogen and oxygen atoms in total. The van der Waals surface area contributed by atoms with Gasteiger partial charge in [-0.05, 0) is 29.1 Å². The summed E-state index contributed by atoms with van der Waals surface area (Å²) in [6, 6.07) is 6.32. The summed E-state index contributed by atoms with van der Waals surface area (Å²) in [6.07, 6.45) is -4.46. The highest BCUT2D eigenvalue weighted by Gasteiger charge is 2.35. The van der Waals surface area contributed by atoms with Gasteiger partial charge in [0.2, 0.25) is 0 Å². The first kappa shape index (κ1) is 16.3. The highest BCUT2D eigenvalue weighted by molar-refractivity contribution is 7.10. The maximum Gasteiger partial charge on any atom is 0.416 e. The molecule has 2 rings (SSSR count). The minimum absolute atomic E-state index is 0. The maximum atomic E-state index is 12.9. The Morgan fingerprint density at radius 2 is 1.89 bits per heavy atom. The van der Waals surface area contributed by atoms with Crippen LogP contribution < -0.4 is 5.73 Å². The Morgan fingerprint density at radius 1 is 1.21 bits per heavy atom. The minimum Gasteiger partial charge on any atom is -0.320 e. The van der Waals surface area contributed by atoms with E-state index in [1.54, 1.807) is 17.5 Å². The molecule has 1 heterocycles. The standard InChI is InChI=1S/C12H9ClF3NS.ClH/c13-7-3-4-8(9(6-7)12(14,15)16)11(17)10-2-1-5-18-10;/h1-6,11H,17H2;1H/t11-;/m0./s1. The van der Waals surface area contributed by atoms with Crippen molar-refractivity contribution in [2.24, 2.45) is 5.73 Å². The zero-order valence-electron chi connectivity index (χ0n) is 9.45. The van der Waals surface area contributed by atoms with Crippen molar-refractivity contribution in [2.75, 3.05) is 0 Å². The Kier molecular flexibility index (Phi) is 5.26. The third kappa shape index (κ3) is 3.63. The van der Waals surface area contributed by atoms with Crippen LogP contribution in [0, 0.1) is 0 Å². The van der Waals surface area contributed by atoms with E-state index < -0.39 is 17.8 Å². The lowest BCUT2D eigenvalue weighted by Gasteiger charge is -2.17. The number of rotatable bonds is 2. The van der Waals surface area contributed by atoms with Crippen molar-refractivity contribution in [3.8, 4) is 0 Å². The number of benzene rings is 1. The van der Waals surface area contributed by atoms with E-state index >= 15 is 0 Å². The minimum atomic E-state index is -4.46. The molecule has 0 radical (unpaired) electrons. The van der Waals surface area contributed by atoms with Crippen molar-refractivity contribution in [2.45, 2.75) is 12.2 Å². The van der Waals surface area contributed by atoms with Crippen molar-refractivity contribution in [3.63, 3.8) is 0 Å². The van der Waals surface area contributed by atoms with Crippen LogP contribution in [0.4, 0.5) is 13.2 Å². The van der Waals surface area contributed by atoms with Crippen LogP contribution in [0.2, 0.25) is 5.02 Å². The van der Waals surface area contributed by atoms with Crippen LogP contribution in [0.1, 0.15) is 22.0 Å². The summed E-state index contributed by atoms with van der Waals surface area (Å²) in [6.45, 7) is 0. The van der Waals surface area contributed by atoms with E-state index in [9.17, 15) is 13.2 Å². The third-order valence-corrected chi connectivity index (χ3v) is 3.70. The number of halogens is 5. The van der Waals surface area contributed by atoms with Crippen LogP contribution in [0.5, 0.6) is 0 Å². The van der Waals surface area contributed by atoms with Gasteiger partial charge in [0.05, 0.1) is 11.6 Å². The van der Waals surface area contributed by atoms with E-state index in [1.807, 2.05) is 0 Å². The highest BCUT2D eigenvalue weighted by Crippen LogP contribution is 2.37. The molecule has 0 aliphatic carbocycles. The molecular formula is C12H10Cl2F3NS. The number of nitrogens with two attached hydrogens (primary N) is 1. The molecule has 1 aromatic carbocycles. The molecule has 1 atom stereocenters. The lowest BCUT2D eigenvalue weighted by atomic mass is 9.99. The van der Waals surface area contributed by atoms with Crippen LogP contribution in [-0.4, -0.2) is 0 Å². The topological polar surface area (TPSA) is 26.0 Å². The Hall–Kier alpha value is -0.750. The van der Waals surface area contributed by atoms with Crippen molar-refractivity contribution in [1.29, 1.82) is 0 Å². The summed E-state index contributed by atoms with van der Waals surface area (Å²) in [5.41, 5.74) is 5.13. The summed E-state index contributed by atoms with van der Waals surface area (Å²) < 4.78 is 38.8. The summed E-state index contributed by atoms with van der Waals surface area (Å²) in [7, 11) is 0. The van der Waals surface area contributed by atoms with Gasteiger partial charge in [0.15, 0.2) is 0 Å². The summed E-state index contributed by atoms with van der Waals surface area (Å²) in [5.74, 6) is 0. The van der Waals surface area contributed by atoms with Gasteiger partial charge < -0.3 is 5.73 Å². The SMILES string of the molecule is Cl.N[C@H](c1cccs1)c1ccc(Cl)cc1C(F)(F)F. The van der Waals surface area contributed by atoms with Crippen molar-refractivity contribution in [3.05, 3.63) is 56.7 Å². The van der Waals surface area contributed by atoms with Crippen LogP contribution >= 0.6 is 35.3 Å². The molecule has 0 saturated heterocycles. The van der Waals surface area contributed by atoms with Gasteiger partial charge in [-0.2, -0.15) is 13.2 Å². The molecule has 1 aromatic heterocycles. The van der Waals surface area contributed by atoms with Gasteiger partial charge in [0, 0.05) is 9.90 Å². The largest absolute Gasteiger partial charge is 0.416 e. The van der Waals surface area contributed by atoms with Crippen LogP contribution in [0.15, 0.2) is 35.7 Å². The van der Waals surface area contributed by atoms with E-state index in [0.717, 1.165) is 6.07 Å². The van der Waals surface area contributed by atoms with Crippen LogP contribution in [0.3, 0.4) is 0 Å². The zero-order valence-corrected chi connectivity index (χ0v) is 11.8. The Morgan fingerprint density at radius 3 is 2.42 bits per heavy atom. The smallest absolute Gasteiger partial charge is 0.320 e. The fourth-order valence-electron chi connectivity index (χ4n) is 1.67. The molecule has 0 aliphatic heterocycles. The fourth-order valence-corrected chi connectivity index (χ4v) is 2.58. The second kappa shape index (κ2) is 6.13. The van der Waals surface area contributed by atoms with Gasteiger partial charge in [-0.15, -0.1) is 23.7 Å². The highest BCUT2D eigenvalue weighted by atomic mass is 35.5. The average Bonchev–Trinajstić information content (AvgIpc) is 2.80. The molecule has 0 saturated carbocycles. The van der Waals surface area contributed by atoms with E-state index in [4.69, 9.17) is 17.3 Å². The summed E-state index contributed by atoms with van der Waals surface area (Å²) in [5, 5.41) is 1.82. The molecule has 0 aliphatic rings. The van der Waals surface area contributed by atoms with Gasteiger partial charge in [-0.1, -0.05) is 23.7 Å². The van der Waals surface area contributed by atoms with E-state index in [0.29, 0.717) is 4.88 Å². The van der Waals surface area contributed by atoms with Crippen molar-refractivity contribution >= 4 is 35.3 Å². The third-order valence-electron chi connectivity index (χ3n) is 2.51. The van der Waals surface area contributed by atoms with E-state index in [-0.39, 0.29) is 23.0 Å². The van der Waals surface area contributed by atoms with E-state index in [1.165, 1.54) is 23.5 Å². The molecule has 0 spiro atoms. The molecule has 19 heavy (non-hydrogen) atoms. The maximum absolute atomic E-state index is 12.9. The Balaban J connectivity index is 0.00000180. The van der Waals surface area contributed by atoms with Crippen LogP contribution in [-0.2, 0) is 6.18 Å². The van der Waals surface area contributed by atoms with Gasteiger partial charge in [-0.25, -0.2) is 0 Å². The monoisotopic (exact) mass is 327 g/mol. The van der Waals surface area contributed by atoms with Crippen molar-refractivity contribution < 1.29 is 13.2 Å². The quantitative estimate of drug-likeness (QED) is 0.834. The molecule has 2 aromatic rings. The lowest BCUT2D eigenvalue weighted by Crippen LogP contribution is -2.17. The van der Waals surface area contributed by atoms with E-state index in [2.05, 4.69) is 0 Å². The second-order valence-electron chi connectivity index (χ2n) is 3.72. The molecule has 0 amide bonds. The molecule has 7 heteroatoms. The second-order valence-corrected chi connectivity index (χ2v) is 5.14. The van der Waals surface area contributed by atoms with Gasteiger partial charge in [0.1, 0.15) is 0 Å². The number of hydrogen-bond acceptors (Lipinski definition) is 2.